The molecule has 0 saturated carbocycles. The molecule has 1 unspecified atom stereocenters. The second kappa shape index (κ2) is 6.98. The number of ether oxygens (including phenoxy) is 1. The molecule has 1 fully saturated rings. The van der Waals surface area contributed by atoms with E-state index >= 15 is 0 Å². The van der Waals surface area contributed by atoms with Crippen LogP contribution in [-0.2, 0) is 11.3 Å². The van der Waals surface area contributed by atoms with Gasteiger partial charge in [0.25, 0.3) is 0 Å². The van der Waals surface area contributed by atoms with Crippen molar-refractivity contribution in [3.63, 3.8) is 0 Å². The van der Waals surface area contributed by atoms with Crippen LogP contribution in [0.5, 0.6) is 0 Å². The van der Waals surface area contributed by atoms with Crippen molar-refractivity contribution in [1.29, 1.82) is 0 Å². The molecule has 2 heterocycles. The van der Waals surface area contributed by atoms with Gasteiger partial charge in [0.1, 0.15) is 0 Å². The summed E-state index contributed by atoms with van der Waals surface area (Å²) in [5, 5.41) is 3.95. The first kappa shape index (κ1) is 14.4. The maximum Gasteiger partial charge on any atom is 0.223 e. The van der Waals surface area contributed by atoms with Crippen LogP contribution in [0.1, 0.15) is 25.6 Å². The molecule has 1 aromatic rings. The number of rotatable bonds is 6. The molecule has 0 aliphatic carbocycles. The Hall–Kier alpha value is -0.980. The Morgan fingerprint density at radius 3 is 2.89 bits per heavy atom. The minimum absolute atomic E-state index is 0.544. The Morgan fingerprint density at radius 2 is 2.26 bits per heavy atom. The first-order valence-electron chi connectivity index (χ1n) is 7.02. The summed E-state index contributed by atoms with van der Waals surface area (Å²) in [6.45, 7) is 12.7. The van der Waals surface area contributed by atoms with E-state index in [0.717, 1.165) is 51.8 Å². The van der Waals surface area contributed by atoms with Crippen LogP contribution < -0.4 is 0 Å². The third-order valence-electron chi connectivity index (χ3n) is 3.51. The second-order valence-electron chi connectivity index (χ2n) is 5.05. The fourth-order valence-corrected chi connectivity index (χ4v) is 2.48. The predicted molar refractivity (Wildman–Crippen MR) is 71.8 cm³/mol. The van der Waals surface area contributed by atoms with E-state index in [2.05, 4.69) is 26.9 Å². The molecule has 0 N–H and O–H groups in total. The minimum Gasteiger partial charge on any atom is -0.380 e. The zero-order valence-electron chi connectivity index (χ0n) is 12.1. The second-order valence-corrected chi connectivity index (χ2v) is 5.05. The van der Waals surface area contributed by atoms with Crippen molar-refractivity contribution in [2.24, 2.45) is 0 Å². The molecule has 0 radical (unpaired) electrons. The fraction of sp³-hybridized carbons (Fsp3) is 0.846. The third kappa shape index (κ3) is 4.26. The summed E-state index contributed by atoms with van der Waals surface area (Å²) in [4.78, 5) is 9.12. The molecule has 19 heavy (non-hydrogen) atoms. The molecule has 0 aromatic carbocycles. The molecule has 1 aliphatic heterocycles. The van der Waals surface area contributed by atoms with Crippen molar-refractivity contribution in [3.05, 3.63) is 11.7 Å². The van der Waals surface area contributed by atoms with E-state index in [0.29, 0.717) is 11.9 Å². The number of aromatic nitrogens is 2. The van der Waals surface area contributed by atoms with Gasteiger partial charge in [-0.15, -0.1) is 0 Å². The minimum atomic E-state index is 0.544. The molecule has 0 bridgehead atoms. The van der Waals surface area contributed by atoms with E-state index in [9.17, 15) is 0 Å². The molecule has 1 saturated heterocycles. The van der Waals surface area contributed by atoms with E-state index in [4.69, 9.17) is 9.26 Å². The van der Waals surface area contributed by atoms with Crippen molar-refractivity contribution in [2.75, 3.05) is 39.4 Å². The van der Waals surface area contributed by atoms with Crippen LogP contribution in [0.15, 0.2) is 4.52 Å². The highest BCUT2D eigenvalue weighted by Crippen LogP contribution is 2.11. The van der Waals surface area contributed by atoms with Crippen LogP contribution in [0.2, 0.25) is 0 Å². The standard InChI is InChI=1S/C13H24N4O2/c1-4-18-8-7-17-6-5-16(9-11(17)2)10-13-14-12(3)19-15-13/h11H,4-10H2,1-3H3. The highest BCUT2D eigenvalue weighted by Gasteiger charge is 2.24. The first-order chi connectivity index (χ1) is 9.19. The van der Waals surface area contributed by atoms with Crippen LogP contribution >= 0.6 is 0 Å². The number of aryl methyl sites for hydroxylation is 1. The molecule has 2 rings (SSSR count). The monoisotopic (exact) mass is 268 g/mol. The zero-order valence-corrected chi connectivity index (χ0v) is 12.1. The molecular formula is C13H24N4O2. The molecular weight excluding hydrogens is 244 g/mol. The summed E-state index contributed by atoms with van der Waals surface area (Å²) >= 11 is 0. The summed E-state index contributed by atoms with van der Waals surface area (Å²) in [6, 6.07) is 0.544. The summed E-state index contributed by atoms with van der Waals surface area (Å²) in [6.07, 6.45) is 0. The van der Waals surface area contributed by atoms with Crippen molar-refractivity contribution < 1.29 is 9.26 Å². The molecule has 1 atom stereocenters. The van der Waals surface area contributed by atoms with Gasteiger partial charge in [-0.3, -0.25) is 9.80 Å². The van der Waals surface area contributed by atoms with Crippen molar-refractivity contribution in [2.45, 2.75) is 33.4 Å². The highest BCUT2D eigenvalue weighted by atomic mass is 16.5. The average molecular weight is 268 g/mol. The number of hydrogen-bond donors (Lipinski definition) is 0. The van der Waals surface area contributed by atoms with Gasteiger partial charge in [0, 0.05) is 45.8 Å². The first-order valence-corrected chi connectivity index (χ1v) is 7.02. The largest absolute Gasteiger partial charge is 0.380 e. The molecule has 0 spiro atoms. The normalized spacial score (nSPS) is 21.9. The third-order valence-corrected chi connectivity index (χ3v) is 3.51. The van der Waals surface area contributed by atoms with Gasteiger partial charge < -0.3 is 9.26 Å². The molecule has 0 amide bonds. The van der Waals surface area contributed by atoms with Gasteiger partial charge in [0.15, 0.2) is 5.82 Å². The van der Waals surface area contributed by atoms with E-state index in [1.807, 2.05) is 13.8 Å². The smallest absolute Gasteiger partial charge is 0.223 e. The number of piperazine rings is 1. The lowest BCUT2D eigenvalue weighted by atomic mass is 10.2. The Labute approximate surface area is 114 Å². The van der Waals surface area contributed by atoms with Gasteiger partial charge in [-0.1, -0.05) is 5.16 Å². The summed E-state index contributed by atoms with van der Waals surface area (Å²) in [5.74, 6) is 1.42. The van der Waals surface area contributed by atoms with Crippen molar-refractivity contribution >= 4 is 0 Å². The SMILES string of the molecule is CCOCCN1CCN(Cc2noc(C)n2)CC1C. The zero-order chi connectivity index (χ0) is 13.7. The van der Waals surface area contributed by atoms with Crippen LogP contribution in [0.25, 0.3) is 0 Å². The van der Waals surface area contributed by atoms with Gasteiger partial charge in [0.05, 0.1) is 13.2 Å². The van der Waals surface area contributed by atoms with Crippen LogP contribution in [0, 0.1) is 6.92 Å². The Kier molecular flexibility index (Phi) is 5.30. The van der Waals surface area contributed by atoms with E-state index < -0.39 is 0 Å². The van der Waals surface area contributed by atoms with Gasteiger partial charge in [-0.05, 0) is 13.8 Å². The number of hydrogen-bond acceptors (Lipinski definition) is 6. The maximum absolute atomic E-state index is 5.42. The van der Waals surface area contributed by atoms with Gasteiger partial charge in [-0.25, -0.2) is 0 Å². The van der Waals surface area contributed by atoms with Crippen LogP contribution in [-0.4, -0.2) is 65.4 Å². The summed E-state index contributed by atoms with van der Waals surface area (Å²) < 4.78 is 10.4. The lowest BCUT2D eigenvalue weighted by Gasteiger charge is -2.39. The number of nitrogens with zero attached hydrogens (tertiary/aromatic N) is 4. The molecule has 6 heteroatoms. The Bertz CT molecular complexity index is 382. The van der Waals surface area contributed by atoms with E-state index in [1.54, 1.807) is 0 Å². The van der Waals surface area contributed by atoms with Gasteiger partial charge in [-0.2, -0.15) is 4.98 Å². The average Bonchev–Trinajstić information content (AvgIpc) is 2.78. The van der Waals surface area contributed by atoms with Crippen molar-refractivity contribution in [3.8, 4) is 0 Å². The van der Waals surface area contributed by atoms with Crippen LogP contribution in [0.4, 0.5) is 0 Å². The molecule has 1 aromatic heterocycles. The molecule has 6 nitrogen and oxygen atoms in total. The summed E-state index contributed by atoms with van der Waals surface area (Å²) in [7, 11) is 0. The van der Waals surface area contributed by atoms with Gasteiger partial charge >= 0.3 is 0 Å². The Morgan fingerprint density at radius 1 is 1.42 bits per heavy atom. The quantitative estimate of drug-likeness (QED) is 0.715. The fourth-order valence-electron chi connectivity index (χ4n) is 2.48. The van der Waals surface area contributed by atoms with E-state index in [1.165, 1.54) is 0 Å². The maximum atomic E-state index is 5.42. The van der Waals surface area contributed by atoms with E-state index in [-0.39, 0.29) is 0 Å². The highest BCUT2D eigenvalue weighted by molar-refractivity contribution is 4.87. The van der Waals surface area contributed by atoms with Crippen LogP contribution in [0.3, 0.4) is 0 Å². The summed E-state index contributed by atoms with van der Waals surface area (Å²) in [5.41, 5.74) is 0. The molecule has 1 aliphatic rings. The van der Waals surface area contributed by atoms with Gasteiger partial charge in [0.2, 0.25) is 5.89 Å². The van der Waals surface area contributed by atoms with Crippen molar-refractivity contribution in [1.82, 2.24) is 19.9 Å². The molecule has 108 valence electrons. The predicted octanol–water partition coefficient (Wildman–Crippen LogP) is 0.921. The topological polar surface area (TPSA) is 54.6 Å². The lowest BCUT2D eigenvalue weighted by molar-refractivity contribution is 0.0455. The lowest BCUT2D eigenvalue weighted by Crippen LogP contribution is -2.52. The Balaban J connectivity index is 1.76.